The summed E-state index contributed by atoms with van der Waals surface area (Å²) in [5.41, 5.74) is 2.72. The molecule has 0 radical (unpaired) electrons. The van der Waals surface area contributed by atoms with Gasteiger partial charge >= 0.3 is 0 Å². The number of aromatic hydroxyl groups is 1. The van der Waals surface area contributed by atoms with Gasteiger partial charge in [0.1, 0.15) is 5.75 Å². The number of benzene rings is 1. The van der Waals surface area contributed by atoms with Gasteiger partial charge in [-0.25, -0.2) is 0 Å². The maximum absolute atomic E-state index is 11.5. The number of hydrogen-bond acceptors (Lipinski definition) is 2. The predicted molar refractivity (Wildman–Crippen MR) is 173 cm³/mol. The summed E-state index contributed by atoms with van der Waals surface area (Å²) in [4.78, 5) is 1.61. The molecule has 1 fully saturated rings. The molecule has 1 saturated carbocycles. The summed E-state index contributed by atoms with van der Waals surface area (Å²) in [6.07, 6.45) is 27.4. The normalized spacial score (nSPS) is 22.9. The average molecular weight is 553 g/mol. The van der Waals surface area contributed by atoms with Crippen LogP contribution in [-0.4, -0.2) is 5.11 Å². The Labute approximate surface area is 245 Å². The smallest absolute Gasteiger partial charge is 0.127 e. The van der Waals surface area contributed by atoms with Crippen LogP contribution in [0.5, 0.6) is 5.75 Å². The van der Waals surface area contributed by atoms with Crippen LogP contribution in [-0.2, 0) is 19.3 Å². The Bertz CT molecular complexity index is 985. The van der Waals surface area contributed by atoms with E-state index in [1.807, 2.05) is 11.3 Å². The Morgan fingerprint density at radius 3 is 1.90 bits per heavy atom. The minimum absolute atomic E-state index is 0.625. The zero-order valence-electron chi connectivity index (χ0n) is 26.0. The number of rotatable bonds is 17. The van der Waals surface area contributed by atoms with Crippen molar-refractivity contribution in [3.63, 3.8) is 0 Å². The second kappa shape index (κ2) is 15.8. The SMILES string of the molecule is CCCCCCCCC1CC2Cc3sc4ccc(CC(CC)CC)c(O)c4c3CC2CC1CCCCCCC. The Hall–Kier alpha value is -1.02. The van der Waals surface area contributed by atoms with Crippen LogP contribution >= 0.6 is 11.3 Å². The summed E-state index contributed by atoms with van der Waals surface area (Å²) < 4.78 is 1.33. The lowest BCUT2D eigenvalue weighted by Gasteiger charge is -2.44. The number of unbranched alkanes of at least 4 members (excludes halogenated alkanes) is 9. The van der Waals surface area contributed by atoms with Gasteiger partial charge in [-0.2, -0.15) is 0 Å². The van der Waals surface area contributed by atoms with E-state index in [9.17, 15) is 5.11 Å². The van der Waals surface area contributed by atoms with E-state index in [0.717, 1.165) is 30.1 Å². The molecule has 1 heterocycles. The van der Waals surface area contributed by atoms with Gasteiger partial charge in [-0.15, -0.1) is 11.3 Å². The first-order chi connectivity index (χ1) is 19.1. The molecule has 39 heavy (non-hydrogen) atoms. The molecule has 4 unspecified atom stereocenters. The van der Waals surface area contributed by atoms with E-state index in [1.165, 1.54) is 143 Å². The Kier molecular flexibility index (Phi) is 12.6. The minimum Gasteiger partial charge on any atom is -0.507 e. The molecular weight excluding hydrogens is 492 g/mol. The molecule has 0 amide bonds. The first-order valence-corrected chi connectivity index (χ1v) is 18.2. The van der Waals surface area contributed by atoms with Crippen LogP contribution in [0.15, 0.2) is 12.1 Å². The number of thiophene rings is 1. The molecule has 2 aliphatic rings. The van der Waals surface area contributed by atoms with Crippen molar-refractivity contribution in [2.75, 3.05) is 0 Å². The van der Waals surface area contributed by atoms with Crippen LogP contribution < -0.4 is 0 Å². The maximum Gasteiger partial charge on any atom is 0.127 e. The highest BCUT2D eigenvalue weighted by atomic mass is 32.1. The number of hydrogen-bond donors (Lipinski definition) is 1. The predicted octanol–water partition coefficient (Wildman–Crippen LogP) is 12.1. The summed E-state index contributed by atoms with van der Waals surface area (Å²) in [6, 6.07) is 4.57. The van der Waals surface area contributed by atoms with Gasteiger partial charge in [0.25, 0.3) is 0 Å². The molecule has 2 aliphatic carbocycles. The Morgan fingerprint density at radius 2 is 1.31 bits per heavy atom. The van der Waals surface area contributed by atoms with Crippen molar-refractivity contribution in [3.8, 4) is 5.75 Å². The molecular formula is C37H60OS. The van der Waals surface area contributed by atoms with Gasteiger partial charge in [0.05, 0.1) is 0 Å². The van der Waals surface area contributed by atoms with Gasteiger partial charge in [-0.3, -0.25) is 0 Å². The molecule has 1 nitrogen and oxygen atoms in total. The van der Waals surface area contributed by atoms with Crippen molar-refractivity contribution in [2.24, 2.45) is 29.6 Å². The molecule has 1 aromatic carbocycles. The zero-order chi connectivity index (χ0) is 27.6. The summed E-state index contributed by atoms with van der Waals surface area (Å²) in [5, 5.41) is 12.7. The third kappa shape index (κ3) is 8.05. The van der Waals surface area contributed by atoms with Crippen molar-refractivity contribution < 1.29 is 5.11 Å². The quantitative estimate of drug-likeness (QED) is 0.193. The zero-order valence-corrected chi connectivity index (χ0v) is 26.9. The van der Waals surface area contributed by atoms with Crippen LogP contribution in [0.3, 0.4) is 0 Å². The highest BCUT2D eigenvalue weighted by Gasteiger charge is 2.40. The van der Waals surface area contributed by atoms with Crippen LogP contribution in [0.2, 0.25) is 0 Å². The molecule has 2 aromatic rings. The van der Waals surface area contributed by atoms with Gasteiger partial charge in [0.15, 0.2) is 0 Å². The molecule has 1 aromatic heterocycles. The van der Waals surface area contributed by atoms with E-state index < -0.39 is 0 Å². The second-order valence-corrected chi connectivity index (χ2v) is 14.7. The Morgan fingerprint density at radius 1 is 0.744 bits per heavy atom. The molecule has 2 heteroatoms. The topological polar surface area (TPSA) is 20.2 Å². The van der Waals surface area contributed by atoms with Gasteiger partial charge in [0, 0.05) is 15.0 Å². The molecule has 4 atom stereocenters. The van der Waals surface area contributed by atoms with Crippen molar-refractivity contribution in [1.82, 2.24) is 0 Å². The highest BCUT2D eigenvalue weighted by molar-refractivity contribution is 7.19. The van der Waals surface area contributed by atoms with Crippen molar-refractivity contribution in [1.29, 1.82) is 0 Å². The molecule has 0 spiro atoms. The standard InChI is InChI=1S/C37H60OS/c1-5-9-11-13-15-17-19-29-24-32-26-35-33(25-31(32)23-28(29)18-16-14-12-10-6-2)36-34(39-35)21-20-30(37(36)38)22-27(7-3)8-4/h20-21,27-29,31-32,38H,5-19,22-26H2,1-4H3. The number of fused-ring (bicyclic) bond motifs is 4. The van der Waals surface area contributed by atoms with E-state index >= 15 is 0 Å². The fraction of sp³-hybridized carbons (Fsp3) is 0.784. The molecule has 0 saturated heterocycles. The van der Waals surface area contributed by atoms with Crippen LogP contribution in [0.1, 0.15) is 153 Å². The lowest BCUT2D eigenvalue weighted by atomic mass is 9.61. The molecule has 1 N–H and O–H groups in total. The first-order valence-electron chi connectivity index (χ1n) is 17.3. The summed E-state index contributed by atoms with van der Waals surface area (Å²) >= 11 is 2.00. The van der Waals surface area contributed by atoms with Gasteiger partial charge < -0.3 is 5.11 Å². The molecule has 4 rings (SSSR count). The summed E-state index contributed by atoms with van der Waals surface area (Å²) in [6.45, 7) is 9.24. The van der Waals surface area contributed by atoms with Crippen LogP contribution in [0.25, 0.3) is 10.1 Å². The lowest BCUT2D eigenvalue weighted by molar-refractivity contribution is 0.0897. The third-order valence-corrected chi connectivity index (χ3v) is 12.0. The fourth-order valence-corrected chi connectivity index (χ4v) is 9.54. The summed E-state index contributed by atoms with van der Waals surface area (Å²) in [7, 11) is 0. The van der Waals surface area contributed by atoms with E-state index in [0.29, 0.717) is 11.7 Å². The van der Waals surface area contributed by atoms with E-state index in [-0.39, 0.29) is 0 Å². The number of phenols is 1. The first kappa shape index (κ1) is 30.9. The van der Waals surface area contributed by atoms with E-state index in [2.05, 4.69) is 39.8 Å². The average Bonchev–Trinajstić information content (AvgIpc) is 3.31. The monoisotopic (exact) mass is 552 g/mol. The van der Waals surface area contributed by atoms with E-state index in [1.54, 1.807) is 4.88 Å². The molecule has 0 aliphatic heterocycles. The Balaban J connectivity index is 1.46. The lowest BCUT2D eigenvalue weighted by Crippen LogP contribution is -2.36. The largest absolute Gasteiger partial charge is 0.507 e. The van der Waals surface area contributed by atoms with Crippen LogP contribution in [0.4, 0.5) is 0 Å². The van der Waals surface area contributed by atoms with Crippen molar-refractivity contribution in [3.05, 3.63) is 28.1 Å². The van der Waals surface area contributed by atoms with Crippen molar-refractivity contribution >= 4 is 21.4 Å². The van der Waals surface area contributed by atoms with Gasteiger partial charge in [0.2, 0.25) is 0 Å². The molecule has 220 valence electrons. The van der Waals surface area contributed by atoms with Gasteiger partial charge in [-0.1, -0.05) is 130 Å². The fourth-order valence-electron chi connectivity index (χ4n) is 8.21. The summed E-state index contributed by atoms with van der Waals surface area (Å²) in [5.74, 6) is 4.90. The second-order valence-electron chi connectivity index (χ2n) is 13.5. The minimum atomic E-state index is 0.625. The highest BCUT2D eigenvalue weighted by Crippen LogP contribution is 2.52. The molecule has 0 bridgehead atoms. The van der Waals surface area contributed by atoms with E-state index in [4.69, 9.17) is 0 Å². The third-order valence-electron chi connectivity index (χ3n) is 10.8. The van der Waals surface area contributed by atoms with Crippen LogP contribution in [0, 0.1) is 29.6 Å². The van der Waals surface area contributed by atoms with Gasteiger partial charge in [-0.05, 0) is 78.9 Å². The van der Waals surface area contributed by atoms with Crippen molar-refractivity contribution in [2.45, 2.75) is 156 Å². The maximum atomic E-state index is 11.5. The number of phenolic OH excluding ortho intramolecular Hbond substituents is 1.